The van der Waals surface area contributed by atoms with Crippen LogP contribution in [0.5, 0.6) is 0 Å². The fraction of sp³-hybridized carbons (Fsp3) is 0.318. The molecule has 1 fully saturated rings. The molecule has 158 valence electrons. The zero-order valence-corrected chi connectivity index (χ0v) is 17.4. The number of piperazine rings is 1. The van der Waals surface area contributed by atoms with Crippen LogP contribution in [0.4, 0.5) is 5.69 Å². The Morgan fingerprint density at radius 3 is 2.58 bits per heavy atom. The third-order valence-corrected chi connectivity index (χ3v) is 5.78. The lowest BCUT2D eigenvalue weighted by Crippen LogP contribution is -2.46. The van der Waals surface area contributed by atoms with Crippen molar-refractivity contribution in [2.45, 2.75) is 19.9 Å². The molecule has 1 saturated heterocycles. The minimum Gasteiger partial charge on any atom is -0.368 e. The number of anilines is 1. The fourth-order valence-corrected chi connectivity index (χ4v) is 3.99. The molecule has 9 heteroatoms. The summed E-state index contributed by atoms with van der Waals surface area (Å²) in [4.78, 5) is 28.9. The molecule has 31 heavy (non-hydrogen) atoms. The zero-order chi connectivity index (χ0) is 21.2. The third-order valence-electron chi connectivity index (χ3n) is 5.78. The first-order chi connectivity index (χ1) is 15.2. The molecule has 0 radical (unpaired) electrons. The molecule has 5 heterocycles. The van der Waals surface area contributed by atoms with Crippen LogP contribution in [0.25, 0.3) is 22.4 Å². The highest BCUT2D eigenvalue weighted by Gasteiger charge is 2.18. The molecule has 4 aromatic rings. The van der Waals surface area contributed by atoms with Gasteiger partial charge >= 0.3 is 0 Å². The van der Waals surface area contributed by atoms with Gasteiger partial charge in [-0.05, 0) is 36.2 Å². The van der Waals surface area contributed by atoms with Gasteiger partial charge in [0.1, 0.15) is 5.69 Å². The van der Waals surface area contributed by atoms with E-state index in [0.29, 0.717) is 6.42 Å². The number of fused-ring (bicyclic) bond motifs is 1. The smallest absolute Gasteiger partial charge is 0.251 e. The van der Waals surface area contributed by atoms with Crippen LogP contribution in [0.1, 0.15) is 18.1 Å². The number of hydrogen-bond acceptors (Lipinski definition) is 7. The standard InChI is InChI=1S/C22H24N8O/c1-2-16-10-19-20(26-22(16)31)9-15(11-23-19)14-29-5-7-30(8-6-29)17-3-4-18(24-12-17)21-13-25-28-27-21/h3-4,9-13H,2,5-8,14H2,1H3,(H,26,31)(H,25,27,28). The molecule has 5 rings (SSSR count). The van der Waals surface area contributed by atoms with Crippen LogP contribution in [0.3, 0.4) is 0 Å². The Hall–Kier alpha value is -3.59. The lowest BCUT2D eigenvalue weighted by Gasteiger charge is -2.36. The molecular formula is C22H24N8O. The minimum atomic E-state index is -0.0225. The monoisotopic (exact) mass is 416 g/mol. The number of aromatic amines is 2. The summed E-state index contributed by atoms with van der Waals surface area (Å²) >= 11 is 0. The number of H-pyrrole nitrogens is 2. The lowest BCUT2D eigenvalue weighted by molar-refractivity contribution is 0.249. The van der Waals surface area contributed by atoms with Gasteiger partial charge in [-0.2, -0.15) is 15.4 Å². The number of pyridine rings is 3. The van der Waals surface area contributed by atoms with Gasteiger partial charge in [-0.15, -0.1) is 0 Å². The SMILES string of the molecule is CCc1cc2ncc(CN3CCN(c4ccc(-c5cn[nH]n5)nc4)CC3)cc2[nH]c1=O. The summed E-state index contributed by atoms with van der Waals surface area (Å²) < 4.78 is 0. The largest absolute Gasteiger partial charge is 0.368 e. The van der Waals surface area contributed by atoms with E-state index in [1.807, 2.05) is 37.5 Å². The second-order valence-corrected chi connectivity index (χ2v) is 7.77. The Morgan fingerprint density at radius 2 is 1.87 bits per heavy atom. The minimum absolute atomic E-state index is 0.0225. The molecule has 0 spiro atoms. The van der Waals surface area contributed by atoms with E-state index in [4.69, 9.17) is 0 Å². The normalized spacial score (nSPS) is 14.9. The highest BCUT2D eigenvalue weighted by Crippen LogP contribution is 2.20. The van der Waals surface area contributed by atoms with Crippen LogP contribution < -0.4 is 10.5 Å². The van der Waals surface area contributed by atoms with Crippen LogP contribution in [0.2, 0.25) is 0 Å². The second-order valence-electron chi connectivity index (χ2n) is 7.77. The Labute approximate surface area is 179 Å². The van der Waals surface area contributed by atoms with Gasteiger partial charge in [0.2, 0.25) is 0 Å². The van der Waals surface area contributed by atoms with E-state index in [0.717, 1.165) is 72.0 Å². The molecule has 0 unspecified atom stereocenters. The topological polar surface area (TPSA) is 107 Å². The maximum Gasteiger partial charge on any atom is 0.251 e. The quantitative estimate of drug-likeness (QED) is 0.512. The van der Waals surface area contributed by atoms with Crippen molar-refractivity contribution in [3.8, 4) is 11.4 Å². The average Bonchev–Trinajstić information content (AvgIpc) is 3.34. The maximum absolute atomic E-state index is 12.1. The summed E-state index contributed by atoms with van der Waals surface area (Å²) in [6.45, 7) is 6.57. The van der Waals surface area contributed by atoms with Crippen molar-refractivity contribution in [2.24, 2.45) is 0 Å². The first-order valence-corrected chi connectivity index (χ1v) is 10.5. The van der Waals surface area contributed by atoms with Crippen LogP contribution in [0.15, 0.2) is 47.7 Å². The van der Waals surface area contributed by atoms with Gasteiger partial charge in [-0.3, -0.25) is 19.7 Å². The number of nitrogens with one attached hydrogen (secondary N) is 2. The highest BCUT2D eigenvalue weighted by molar-refractivity contribution is 5.74. The van der Waals surface area contributed by atoms with Crippen molar-refractivity contribution in [2.75, 3.05) is 31.1 Å². The maximum atomic E-state index is 12.1. The molecule has 0 aliphatic carbocycles. The van der Waals surface area contributed by atoms with E-state index < -0.39 is 0 Å². The highest BCUT2D eigenvalue weighted by atomic mass is 16.1. The molecule has 0 aromatic carbocycles. The van der Waals surface area contributed by atoms with E-state index >= 15 is 0 Å². The van der Waals surface area contributed by atoms with Crippen molar-refractivity contribution in [3.05, 3.63) is 64.3 Å². The molecule has 9 nitrogen and oxygen atoms in total. The van der Waals surface area contributed by atoms with E-state index in [2.05, 4.69) is 46.2 Å². The molecule has 1 aliphatic heterocycles. The number of aromatic nitrogens is 6. The molecule has 0 amide bonds. The van der Waals surface area contributed by atoms with Gasteiger partial charge in [0.05, 0.1) is 34.8 Å². The number of rotatable bonds is 5. The molecule has 1 aliphatic rings. The predicted molar refractivity (Wildman–Crippen MR) is 119 cm³/mol. The lowest BCUT2D eigenvalue weighted by atomic mass is 10.1. The average molecular weight is 416 g/mol. The molecule has 4 aromatic heterocycles. The predicted octanol–water partition coefficient (Wildman–Crippen LogP) is 1.99. The van der Waals surface area contributed by atoms with Gasteiger partial charge in [0, 0.05) is 44.5 Å². The van der Waals surface area contributed by atoms with Crippen molar-refractivity contribution in [3.63, 3.8) is 0 Å². The van der Waals surface area contributed by atoms with Crippen LogP contribution in [-0.4, -0.2) is 61.4 Å². The summed E-state index contributed by atoms with van der Waals surface area (Å²) in [6, 6.07) is 7.99. The summed E-state index contributed by atoms with van der Waals surface area (Å²) in [6.07, 6.45) is 6.19. The van der Waals surface area contributed by atoms with Gasteiger partial charge in [-0.1, -0.05) is 6.92 Å². The molecule has 2 N–H and O–H groups in total. The van der Waals surface area contributed by atoms with Crippen molar-refractivity contribution in [1.29, 1.82) is 0 Å². The van der Waals surface area contributed by atoms with Crippen LogP contribution in [0, 0.1) is 0 Å². The summed E-state index contributed by atoms with van der Waals surface area (Å²) in [5.41, 5.74) is 6.17. The number of hydrogen-bond donors (Lipinski definition) is 2. The van der Waals surface area contributed by atoms with Gasteiger partial charge in [0.25, 0.3) is 5.56 Å². The Bertz CT molecular complexity index is 1220. The van der Waals surface area contributed by atoms with E-state index in [9.17, 15) is 4.79 Å². The Morgan fingerprint density at radius 1 is 1.00 bits per heavy atom. The van der Waals surface area contributed by atoms with Crippen LogP contribution in [-0.2, 0) is 13.0 Å². The molecule has 0 saturated carbocycles. The third kappa shape index (κ3) is 4.04. The molecule has 0 bridgehead atoms. The number of aryl methyl sites for hydroxylation is 1. The van der Waals surface area contributed by atoms with E-state index in [-0.39, 0.29) is 5.56 Å². The Balaban J connectivity index is 1.22. The van der Waals surface area contributed by atoms with Crippen molar-refractivity contribution in [1.82, 2.24) is 35.3 Å². The van der Waals surface area contributed by atoms with E-state index in [1.54, 1.807) is 6.20 Å². The van der Waals surface area contributed by atoms with Gasteiger partial charge < -0.3 is 9.88 Å². The first-order valence-electron chi connectivity index (χ1n) is 10.5. The second kappa shape index (κ2) is 8.27. The van der Waals surface area contributed by atoms with Crippen molar-refractivity contribution >= 4 is 16.7 Å². The number of nitrogens with zero attached hydrogens (tertiary/aromatic N) is 6. The summed E-state index contributed by atoms with van der Waals surface area (Å²) in [5, 5.41) is 10.5. The van der Waals surface area contributed by atoms with Gasteiger partial charge in [-0.25, -0.2) is 0 Å². The Kier molecular flexibility index (Phi) is 5.17. The van der Waals surface area contributed by atoms with Crippen molar-refractivity contribution < 1.29 is 0 Å². The van der Waals surface area contributed by atoms with Crippen LogP contribution >= 0.6 is 0 Å². The fourth-order valence-electron chi connectivity index (χ4n) is 3.99. The molecular weight excluding hydrogens is 392 g/mol. The first kappa shape index (κ1) is 19.4. The molecule has 0 atom stereocenters. The van der Waals surface area contributed by atoms with Gasteiger partial charge in [0.15, 0.2) is 0 Å². The van der Waals surface area contributed by atoms with E-state index in [1.165, 1.54) is 0 Å². The summed E-state index contributed by atoms with van der Waals surface area (Å²) in [7, 11) is 0. The zero-order valence-electron chi connectivity index (χ0n) is 17.4. The summed E-state index contributed by atoms with van der Waals surface area (Å²) in [5.74, 6) is 0.